The van der Waals surface area contributed by atoms with Crippen molar-refractivity contribution in [1.29, 1.82) is 0 Å². The molecule has 4 nitrogen and oxygen atoms in total. The summed E-state index contributed by atoms with van der Waals surface area (Å²) in [6.07, 6.45) is 3.67. The number of carbonyl (C=O) groups excluding carboxylic acids is 1. The minimum Gasteiger partial charge on any atom is -0.322 e. The van der Waals surface area contributed by atoms with Crippen molar-refractivity contribution in [2.45, 2.75) is 13.5 Å². The van der Waals surface area contributed by atoms with Gasteiger partial charge in [-0.2, -0.15) is 5.10 Å². The number of nitrogens with one attached hydrogen (secondary N) is 1. The highest BCUT2D eigenvalue weighted by molar-refractivity contribution is 6.04. The largest absolute Gasteiger partial charge is 0.322 e. The highest BCUT2D eigenvalue weighted by atomic mass is 16.1. The molecule has 0 spiro atoms. The van der Waals surface area contributed by atoms with Crippen LogP contribution in [0.25, 0.3) is 0 Å². The normalized spacial score (nSPS) is 10.4. The van der Waals surface area contributed by atoms with Gasteiger partial charge >= 0.3 is 0 Å². The van der Waals surface area contributed by atoms with E-state index in [1.54, 1.807) is 6.20 Å². The Morgan fingerprint density at radius 3 is 2.45 bits per heavy atom. The molecule has 0 radical (unpaired) electrons. The van der Waals surface area contributed by atoms with Crippen LogP contribution in [0.4, 0.5) is 5.69 Å². The second-order valence-corrected chi connectivity index (χ2v) is 5.22. The standard InChI is InChI=1S/C18H17N3O/c1-14-3-9-17(10-4-14)20-18(22)16-7-5-15(6-8-16)13-21-12-2-11-19-21/h2-12H,13H2,1H3,(H,20,22). The molecule has 4 heteroatoms. The number of carbonyl (C=O) groups is 1. The maximum atomic E-state index is 12.2. The highest BCUT2D eigenvalue weighted by Gasteiger charge is 2.06. The summed E-state index contributed by atoms with van der Waals surface area (Å²) in [4.78, 5) is 12.2. The third-order valence-corrected chi connectivity index (χ3v) is 3.43. The zero-order chi connectivity index (χ0) is 15.4. The van der Waals surface area contributed by atoms with E-state index >= 15 is 0 Å². The Kier molecular flexibility index (Phi) is 4.01. The molecule has 0 aliphatic rings. The quantitative estimate of drug-likeness (QED) is 0.800. The van der Waals surface area contributed by atoms with E-state index in [9.17, 15) is 4.79 Å². The second kappa shape index (κ2) is 6.26. The Balaban J connectivity index is 1.66. The van der Waals surface area contributed by atoms with E-state index in [1.807, 2.05) is 72.4 Å². The molecule has 1 N–H and O–H groups in total. The number of hydrogen-bond acceptors (Lipinski definition) is 2. The molecular formula is C18H17N3O. The van der Waals surface area contributed by atoms with Crippen molar-refractivity contribution in [2.75, 3.05) is 5.32 Å². The summed E-state index contributed by atoms with van der Waals surface area (Å²) < 4.78 is 1.85. The summed E-state index contributed by atoms with van der Waals surface area (Å²) in [5, 5.41) is 7.06. The summed E-state index contributed by atoms with van der Waals surface area (Å²) in [7, 11) is 0. The molecule has 0 bridgehead atoms. The molecule has 3 rings (SSSR count). The molecule has 0 fully saturated rings. The first-order valence-corrected chi connectivity index (χ1v) is 7.15. The van der Waals surface area contributed by atoms with Gasteiger partial charge in [-0.1, -0.05) is 29.8 Å². The molecule has 3 aromatic rings. The Bertz CT molecular complexity index is 744. The SMILES string of the molecule is Cc1ccc(NC(=O)c2ccc(Cn3cccn3)cc2)cc1. The first-order valence-electron chi connectivity index (χ1n) is 7.15. The topological polar surface area (TPSA) is 46.9 Å². The number of anilines is 1. The molecule has 110 valence electrons. The van der Waals surface area contributed by atoms with Crippen LogP contribution in [-0.4, -0.2) is 15.7 Å². The molecule has 0 atom stereocenters. The Morgan fingerprint density at radius 1 is 1.09 bits per heavy atom. The number of aryl methyl sites for hydroxylation is 1. The summed E-state index contributed by atoms with van der Waals surface area (Å²) in [6, 6.07) is 17.2. The first kappa shape index (κ1) is 14.1. The van der Waals surface area contributed by atoms with Gasteiger partial charge in [0, 0.05) is 23.6 Å². The Morgan fingerprint density at radius 2 is 1.82 bits per heavy atom. The molecule has 1 aromatic heterocycles. The summed E-state index contributed by atoms with van der Waals surface area (Å²) in [6.45, 7) is 2.72. The van der Waals surface area contributed by atoms with Crippen LogP contribution in [0.15, 0.2) is 67.0 Å². The number of benzene rings is 2. The summed E-state index contributed by atoms with van der Waals surface area (Å²) in [5.74, 6) is -0.102. The Hall–Kier alpha value is -2.88. The van der Waals surface area contributed by atoms with Crippen LogP contribution in [0.5, 0.6) is 0 Å². The molecule has 2 aromatic carbocycles. The minimum absolute atomic E-state index is 0.102. The third-order valence-electron chi connectivity index (χ3n) is 3.43. The lowest BCUT2D eigenvalue weighted by Crippen LogP contribution is -2.12. The van der Waals surface area contributed by atoms with Gasteiger partial charge in [-0.05, 0) is 42.8 Å². The van der Waals surface area contributed by atoms with E-state index in [1.165, 1.54) is 5.56 Å². The van der Waals surface area contributed by atoms with Crippen LogP contribution < -0.4 is 5.32 Å². The number of rotatable bonds is 4. The number of aromatic nitrogens is 2. The molecule has 0 saturated carbocycles. The zero-order valence-electron chi connectivity index (χ0n) is 12.4. The fraction of sp³-hybridized carbons (Fsp3) is 0.111. The van der Waals surface area contributed by atoms with E-state index in [2.05, 4.69) is 10.4 Å². The maximum absolute atomic E-state index is 12.2. The average molecular weight is 291 g/mol. The lowest BCUT2D eigenvalue weighted by atomic mass is 10.1. The van der Waals surface area contributed by atoms with E-state index < -0.39 is 0 Å². The molecule has 22 heavy (non-hydrogen) atoms. The fourth-order valence-electron chi connectivity index (χ4n) is 2.18. The summed E-state index contributed by atoms with van der Waals surface area (Å²) in [5.41, 5.74) is 3.72. The first-order chi connectivity index (χ1) is 10.7. The van der Waals surface area contributed by atoms with Gasteiger partial charge in [0.25, 0.3) is 5.91 Å². The van der Waals surface area contributed by atoms with Crippen LogP contribution in [0.1, 0.15) is 21.5 Å². The van der Waals surface area contributed by atoms with Gasteiger partial charge in [0.1, 0.15) is 0 Å². The van der Waals surface area contributed by atoms with Crippen molar-refractivity contribution < 1.29 is 4.79 Å². The molecule has 1 heterocycles. The fourth-order valence-corrected chi connectivity index (χ4v) is 2.18. The molecule has 0 unspecified atom stereocenters. The van der Waals surface area contributed by atoms with Crippen molar-refractivity contribution in [2.24, 2.45) is 0 Å². The monoisotopic (exact) mass is 291 g/mol. The third kappa shape index (κ3) is 3.41. The van der Waals surface area contributed by atoms with E-state index in [0.29, 0.717) is 12.1 Å². The smallest absolute Gasteiger partial charge is 0.255 e. The van der Waals surface area contributed by atoms with Crippen LogP contribution in [0.2, 0.25) is 0 Å². The molecule has 0 aliphatic carbocycles. The lowest BCUT2D eigenvalue weighted by Gasteiger charge is -2.07. The van der Waals surface area contributed by atoms with Crippen molar-refractivity contribution in [3.8, 4) is 0 Å². The van der Waals surface area contributed by atoms with E-state index in [-0.39, 0.29) is 5.91 Å². The van der Waals surface area contributed by atoms with Crippen molar-refractivity contribution in [3.05, 3.63) is 83.7 Å². The van der Waals surface area contributed by atoms with Crippen molar-refractivity contribution in [1.82, 2.24) is 9.78 Å². The Labute approximate surface area is 129 Å². The van der Waals surface area contributed by atoms with Gasteiger partial charge in [0.2, 0.25) is 0 Å². The predicted octanol–water partition coefficient (Wildman–Crippen LogP) is 3.49. The van der Waals surface area contributed by atoms with E-state index in [4.69, 9.17) is 0 Å². The minimum atomic E-state index is -0.102. The molecule has 0 aliphatic heterocycles. The van der Waals surface area contributed by atoms with Gasteiger partial charge in [0.05, 0.1) is 6.54 Å². The van der Waals surface area contributed by atoms with Gasteiger partial charge < -0.3 is 5.32 Å². The van der Waals surface area contributed by atoms with Gasteiger partial charge in [-0.15, -0.1) is 0 Å². The van der Waals surface area contributed by atoms with Gasteiger partial charge in [-0.25, -0.2) is 0 Å². The lowest BCUT2D eigenvalue weighted by molar-refractivity contribution is 0.102. The molecule has 1 amide bonds. The molecular weight excluding hydrogens is 274 g/mol. The molecule has 0 saturated heterocycles. The highest BCUT2D eigenvalue weighted by Crippen LogP contribution is 2.12. The van der Waals surface area contributed by atoms with Crippen LogP contribution in [0.3, 0.4) is 0 Å². The van der Waals surface area contributed by atoms with Crippen molar-refractivity contribution >= 4 is 11.6 Å². The number of nitrogens with zero attached hydrogens (tertiary/aromatic N) is 2. The summed E-state index contributed by atoms with van der Waals surface area (Å²) >= 11 is 0. The zero-order valence-corrected chi connectivity index (χ0v) is 12.4. The van der Waals surface area contributed by atoms with Crippen LogP contribution in [0, 0.1) is 6.92 Å². The van der Waals surface area contributed by atoms with Crippen molar-refractivity contribution in [3.63, 3.8) is 0 Å². The average Bonchev–Trinajstić information content (AvgIpc) is 3.03. The number of amides is 1. The van der Waals surface area contributed by atoms with Gasteiger partial charge in [-0.3, -0.25) is 9.48 Å². The second-order valence-electron chi connectivity index (χ2n) is 5.22. The van der Waals surface area contributed by atoms with E-state index in [0.717, 1.165) is 11.3 Å². The predicted molar refractivity (Wildman–Crippen MR) is 86.9 cm³/mol. The number of hydrogen-bond donors (Lipinski definition) is 1. The van der Waals surface area contributed by atoms with Crippen LogP contribution in [-0.2, 0) is 6.54 Å². The van der Waals surface area contributed by atoms with Gasteiger partial charge in [0.15, 0.2) is 0 Å². The maximum Gasteiger partial charge on any atom is 0.255 e. The van der Waals surface area contributed by atoms with Crippen LogP contribution >= 0.6 is 0 Å².